The summed E-state index contributed by atoms with van der Waals surface area (Å²) >= 11 is 0.00694. The van der Waals surface area contributed by atoms with E-state index in [0.29, 0.717) is 0 Å². The van der Waals surface area contributed by atoms with Crippen molar-refractivity contribution in [1.29, 1.82) is 0 Å². The Morgan fingerprint density at radius 1 is 0.682 bits per heavy atom. The van der Waals surface area contributed by atoms with Gasteiger partial charge < -0.3 is 5.32 Å². The van der Waals surface area contributed by atoms with E-state index >= 15 is 0 Å². The third-order valence-electron chi connectivity index (χ3n) is 4.08. The molecule has 0 fully saturated rings. The van der Waals surface area contributed by atoms with Crippen molar-refractivity contribution in [2.24, 2.45) is 0 Å². The predicted octanol–water partition coefficient (Wildman–Crippen LogP) is 6.80. The molecule has 0 rings (SSSR count). The second kappa shape index (κ2) is 16.4. The molecule has 0 spiro atoms. The van der Waals surface area contributed by atoms with Crippen molar-refractivity contribution >= 4 is 36.0 Å². The topological polar surface area (TPSA) is 14.1 Å². The average Bonchev–Trinajstić information content (AvgIpc) is 2.36. The molecule has 0 aromatic heterocycles. The van der Waals surface area contributed by atoms with Crippen molar-refractivity contribution < 1.29 is 13.1 Å². The van der Waals surface area contributed by atoms with E-state index in [0.717, 1.165) is 35.7 Å². The molecule has 0 heterocycles. The zero-order chi connectivity index (χ0) is 17.7. The molecule has 0 aromatic carbocycles. The summed E-state index contributed by atoms with van der Waals surface area (Å²) in [6.45, 7) is 21.4. The molecular weight excluding hydrogens is 394 g/mol. The molecule has 0 N–H and O–H groups in total. The first-order valence-electron chi connectivity index (χ1n) is 8.40. The third kappa shape index (κ3) is 14.3. The molecule has 0 saturated heterocycles. The Hall–Kier alpha value is 1.92. The van der Waals surface area contributed by atoms with E-state index in [1.165, 1.54) is 12.3 Å². The third-order valence-corrected chi connectivity index (χ3v) is 11.6. The Labute approximate surface area is 157 Å². The van der Waals surface area contributed by atoms with Gasteiger partial charge in [0.25, 0.3) is 0 Å². The number of nitrogens with zero attached hydrogens (tertiary/aromatic N) is 1. The summed E-state index contributed by atoms with van der Waals surface area (Å²) in [4.78, 5) is 0. The Morgan fingerprint density at radius 3 is 1.09 bits per heavy atom. The van der Waals surface area contributed by atoms with E-state index < -0.39 is 0 Å². The Bertz CT molecular complexity index is 204. The standard InChI is InChI=1S/C16H36NP2.2ClH.Mn/c1-13(2)18(14(3)4)11-9-17-10-12-19(15(5)6)16(7)8;;;/h13-16H,9-12H2,1-8H3;2*1H;/q-1;;;+2. The summed E-state index contributed by atoms with van der Waals surface area (Å²) in [5.41, 5.74) is 3.58. The van der Waals surface area contributed by atoms with Gasteiger partial charge >= 0.3 is 33.3 Å². The second-order valence-electron chi connectivity index (χ2n) is 6.99. The average molecular weight is 432 g/mol. The van der Waals surface area contributed by atoms with E-state index in [9.17, 15) is 0 Å². The van der Waals surface area contributed by atoms with Crippen LogP contribution in [0.5, 0.6) is 0 Å². The van der Waals surface area contributed by atoms with Crippen molar-refractivity contribution in [1.82, 2.24) is 0 Å². The minimum atomic E-state index is -0.197. The van der Waals surface area contributed by atoms with Crippen LogP contribution in [0.15, 0.2) is 0 Å². The van der Waals surface area contributed by atoms with Crippen molar-refractivity contribution in [3.63, 3.8) is 0 Å². The minimum absolute atomic E-state index is 0.00694. The van der Waals surface area contributed by atoms with E-state index in [1.807, 2.05) is 0 Å². The molecule has 137 valence electrons. The molecule has 22 heavy (non-hydrogen) atoms. The summed E-state index contributed by atoms with van der Waals surface area (Å²) < 4.78 is 0. The van der Waals surface area contributed by atoms with Crippen LogP contribution in [0.1, 0.15) is 55.4 Å². The van der Waals surface area contributed by atoms with Crippen LogP contribution in [0.4, 0.5) is 0 Å². The van der Waals surface area contributed by atoms with Gasteiger partial charge in [-0.25, -0.2) is 0 Å². The predicted molar refractivity (Wildman–Crippen MR) is 112 cm³/mol. The normalized spacial score (nSPS) is 12.0. The molecular formula is C16H38Cl2MnNP2+. The SMILES string of the molecule is CC(C)[PH+](CC[N-]CC[PH+](C(C)C)C(C)C)C(C)C.[Cl][Mn][Cl]. The summed E-state index contributed by atoms with van der Waals surface area (Å²) in [5, 5.41) is 4.83. The van der Waals surface area contributed by atoms with Gasteiger partial charge in [0.2, 0.25) is 0 Å². The maximum atomic E-state index is 4.83. The summed E-state index contributed by atoms with van der Waals surface area (Å²) in [5.74, 6) is 0. The van der Waals surface area contributed by atoms with Crippen molar-refractivity contribution in [2.45, 2.75) is 78.0 Å². The molecule has 0 unspecified atom stereocenters. The van der Waals surface area contributed by atoms with Crippen LogP contribution >= 0.6 is 36.0 Å². The molecule has 0 bridgehead atoms. The van der Waals surface area contributed by atoms with Gasteiger partial charge in [-0.2, -0.15) is 0 Å². The van der Waals surface area contributed by atoms with Gasteiger partial charge in [0.15, 0.2) is 0 Å². The first-order valence-corrected chi connectivity index (χ1v) is 15.4. The van der Waals surface area contributed by atoms with Gasteiger partial charge in [-0.3, -0.25) is 0 Å². The molecule has 0 saturated carbocycles. The summed E-state index contributed by atoms with van der Waals surface area (Å²) in [6, 6.07) is 0. The van der Waals surface area contributed by atoms with Crippen molar-refractivity contribution in [2.75, 3.05) is 25.4 Å². The van der Waals surface area contributed by atoms with Gasteiger partial charge in [0.1, 0.15) is 0 Å². The molecule has 0 aliphatic heterocycles. The molecule has 6 heteroatoms. The first-order chi connectivity index (χ1) is 10.2. The van der Waals surface area contributed by atoms with Crippen molar-refractivity contribution in [3.8, 4) is 0 Å². The second-order valence-corrected chi connectivity index (χ2v) is 16.9. The zero-order valence-corrected chi connectivity index (χ0v) is 20.4. The molecule has 0 aliphatic rings. The summed E-state index contributed by atoms with van der Waals surface area (Å²) in [7, 11) is 9.20. The monoisotopic (exact) mass is 431 g/mol. The van der Waals surface area contributed by atoms with Crippen LogP contribution in [0.2, 0.25) is 0 Å². The quantitative estimate of drug-likeness (QED) is 0.205. The van der Waals surface area contributed by atoms with Gasteiger partial charge in [-0.05, 0) is 55.4 Å². The zero-order valence-electron chi connectivity index (χ0n) is 15.7. The van der Waals surface area contributed by atoms with E-state index in [2.05, 4.69) is 55.4 Å². The van der Waals surface area contributed by atoms with Gasteiger partial charge in [-0.1, -0.05) is 0 Å². The number of rotatable bonds is 10. The number of hydrogen-bond acceptors (Lipinski definition) is 0. The fourth-order valence-corrected chi connectivity index (χ4v) is 8.82. The molecule has 0 atom stereocenters. The van der Waals surface area contributed by atoms with Crippen LogP contribution in [-0.2, 0) is 13.1 Å². The number of halogens is 2. The Balaban J connectivity index is 0. The van der Waals surface area contributed by atoms with Gasteiger partial charge in [-0.15, -0.1) is 13.1 Å². The maximum absolute atomic E-state index is 4.83. The van der Waals surface area contributed by atoms with E-state index in [1.54, 1.807) is 0 Å². The van der Waals surface area contributed by atoms with E-state index in [-0.39, 0.29) is 29.0 Å². The first kappa shape index (κ1) is 26.2. The van der Waals surface area contributed by atoms with Crippen LogP contribution in [0.3, 0.4) is 0 Å². The van der Waals surface area contributed by atoms with E-state index in [4.69, 9.17) is 25.5 Å². The molecule has 0 radical (unpaired) electrons. The molecule has 0 amide bonds. The van der Waals surface area contributed by atoms with Crippen LogP contribution in [-0.4, -0.2) is 48.0 Å². The van der Waals surface area contributed by atoms with Crippen LogP contribution in [0, 0.1) is 0 Å². The molecule has 1 nitrogen and oxygen atoms in total. The number of hydrogen-bond donors (Lipinski definition) is 0. The van der Waals surface area contributed by atoms with Gasteiger partial charge in [0.05, 0.1) is 22.6 Å². The van der Waals surface area contributed by atoms with Crippen LogP contribution in [0.25, 0.3) is 5.32 Å². The summed E-state index contributed by atoms with van der Waals surface area (Å²) in [6.07, 6.45) is 2.76. The Morgan fingerprint density at radius 2 is 0.909 bits per heavy atom. The van der Waals surface area contributed by atoms with Gasteiger partial charge in [0, 0.05) is 28.2 Å². The fraction of sp³-hybridized carbons (Fsp3) is 1.00. The van der Waals surface area contributed by atoms with Crippen LogP contribution < -0.4 is 0 Å². The fourth-order valence-electron chi connectivity index (χ4n) is 3.02. The van der Waals surface area contributed by atoms with Crippen molar-refractivity contribution in [3.05, 3.63) is 5.32 Å². The Kier molecular flexibility index (Phi) is 19.5. The molecule has 0 aromatic rings. The molecule has 0 aliphatic carbocycles.